The average molecular weight is 367 g/mol. The van der Waals surface area contributed by atoms with Crippen LogP contribution < -0.4 is 0 Å². The van der Waals surface area contributed by atoms with Gasteiger partial charge in [-0.2, -0.15) is 0 Å². The molecule has 0 saturated carbocycles. The second-order valence-corrected chi connectivity index (χ2v) is 9.25. The molecule has 0 rings (SSSR count). The van der Waals surface area contributed by atoms with Crippen molar-refractivity contribution in [1.82, 2.24) is 0 Å². The topological polar surface area (TPSA) is 40.5 Å². The highest BCUT2D eigenvalue weighted by Gasteiger charge is 2.22. The Morgan fingerprint density at radius 3 is 1.92 bits per heavy atom. The van der Waals surface area contributed by atoms with Crippen LogP contribution in [0.25, 0.3) is 0 Å². The van der Waals surface area contributed by atoms with Gasteiger partial charge in [0.25, 0.3) is 0 Å². The molecule has 0 amide bonds. The summed E-state index contributed by atoms with van der Waals surface area (Å²) in [5.41, 5.74) is 1.19. The normalized spacial score (nSPS) is 16.3. The van der Waals surface area contributed by atoms with E-state index in [1.165, 1.54) is 24.8 Å². The Labute approximate surface area is 163 Å². The van der Waals surface area contributed by atoms with Gasteiger partial charge < -0.3 is 10.2 Å². The predicted octanol–water partition coefficient (Wildman–Crippen LogP) is 6.96. The van der Waals surface area contributed by atoms with Crippen molar-refractivity contribution in [3.63, 3.8) is 0 Å². The van der Waals surface area contributed by atoms with E-state index in [-0.39, 0.29) is 0 Å². The Balaban J connectivity index is 4.65. The van der Waals surface area contributed by atoms with Crippen LogP contribution in [-0.2, 0) is 0 Å². The second kappa shape index (κ2) is 12.7. The van der Waals surface area contributed by atoms with Crippen LogP contribution in [0, 0.1) is 5.92 Å². The first-order chi connectivity index (χ1) is 12.0. The Hall–Kier alpha value is -0.600. The third-order valence-corrected chi connectivity index (χ3v) is 5.20. The van der Waals surface area contributed by atoms with E-state index in [1.54, 1.807) is 0 Å². The van der Waals surface area contributed by atoms with Gasteiger partial charge in [0.15, 0.2) is 0 Å². The van der Waals surface area contributed by atoms with Crippen molar-refractivity contribution in [2.75, 3.05) is 0 Å². The molecule has 0 bridgehead atoms. The molecule has 0 aromatic rings. The molecule has 0 fully saturated rings. The first kappa shape index (κ1) is 25.4. The first-order valence-corrected chi connectivity index (χ1v) is 10.8. The van der Waals surface area contributed by atoms with Gasteiger partial charge in [-0.05, 0) is 72.3 Å². The van der Waals surface area contributed by atoms with E-state index in [1.807, 2.05) is 20.8 Å². The number of hydrogen-bond donors (Lipinski definition) is 2. The molecule has 2 unspecified atom stereocenters. The number of aliphatic hydroxyl groups is 2. The molecule has 0 aliphatic carbocycles. The summed E-state index contributed by atoms with van der Waals surface area (Å²) in [6.45, 7) is 14.3. The van der Waals surface area contributed by atoms with Gasteiger partial charge >= 0.3 is 0 Å². The fourth-order valence-electron chi connectivity index (χ4n) is 3.35. The molecule has 0 radical (unpaired) electrons. The van der Waals surface area contributed by atoms with E-state index in [9.17, 15) is 10.2 Å². The van der Waals surface area contributed by atoms with Crippen LogP contribution in [-0.4, -0.2) is 21.4 Å². The third-order valence-electron chi connectivity index (χ3n) is 5.20. The predicted molar refractivity (Wildman–Crippen MR) is 115 cm³/mol. The Morgan fingerprint density at radius 1 is 0.808 bits per heavy atom. The minimum Gasteiger partial charge on any atom is -0.390 e. The number of allylic oxidation sites excluding steroid dienone is 3. The molecule has 0 aliphatic rings. The zero-order valence-electron chi connectivity index (χ0n) is 18.7. The van der Waals surface area contributed by atoms with Crippen molar-refractivity contribution >= 4 is 0 Å². The second-order valence-electron chi connectivity index (χ2n) is 9.25. The molecule has 2 N–H and O–H groups in total. The Kier molecular flexibility index (Phi) is 12.4. The average Bonchev–Trinajstić information content (AvgIpc) is 2.49. The summed E-state index contributed by atoms with van der Waals surface area (Å²) >= 11 is 0. The van der Waals surface area contributed by atoms with Crippen molar-refractivity contribution < 1.29 is 10.2 Å². The largest absolute Gasteiger partial charge is 0.390 e. The monoisotopic (exact) mass is 366 g/mol. The highest BCUT2D eigenvalue weighted by molar-refractivity contribution is 5.17. The van der Waals surface area contributed by atoms with Crippen LogP contribution in [0.15, 0.2) is 23.3 Å². The molecule has 0 spiro atoms. The molecule has 26 heavy (non-hydrogen) atoms. The first-order valence-electron chi connectivity index (χ1n) is 10.8. The molecule has 0 heterocycles. The molecule has 2 nitrogen and oxygen atoms in total. The summed E-state index contributed by atoms with van der Waals surface area (Å²) in [4.78, 5) is 0. The van der Waals surface area contributed by atoms with E-state index in [0.717, 1.165) is 50.5 Å². The summed E-state index contributed by atoms with van der Waals surface area (Å²) in [6, 6.07) is 0. The third kappa shape index (κ3) is 13.6. The molecule has 2 heteroatoms. The van der Waals surface area contributed by atoms with Gasteiger partial charge in [-0.15, -0.1) is 0 Å². The highest BCUT2D eigenvalue weighted by Crippen LogP contribution is 2.27. The molecule has 0 aromatic heterocycles. The van der Waals surface area contributed by atoms with Crippen molar-refractivity contribution in [2.24, 2.45) is 5.92 Å². The van der Waals surface area contributed by atoms with Gasteiger partial charge in [-0.1, -0.05) is 69.6 Å². The molecular weight excluding hydrogens is 320 g/mol. The summed E-state index contributed by atoms with van der Waals surface area (Å²) in [7, 11) is 0. The van der Waals surface area contributed by atoms with Crippen molar-refractivity contribution in [3.05, 3.63) is 23.3 Å². The van der Waals surface area contributed by atoms with E-state index in [0.29, 0.717) is 5.92 Å². The van der Waals surface area contributed by atoms with Gasteiger partial charge in [-0.25, -0.2) is 0 Å². The molecule has 154 valence electrons. The summed E-state index contributed by atoms with van der Waals surface area (Å²) in [5, 5.41) is 20.7. The standard InChI is InChI=1S/C24H46O2/c1-8-9-10-14-17-24(7,26)21(4)19-22(18-20(2)3)15-12-11-13-16-23(5,6)25/h18-19,22,25-26H,8-17H2,1-7H3. The quantitative estimate of drug-likeness (QED) is 0.258. The highest BCUT2D eigenvalue weighted by atomic mass is 16.3. The van der Waals surface area contributed by atoms with Crippen molar-refractivity contribution in [1.29, 1.82) is 0 Å². The lowest BCUT2D eigenvalue weighted by Gasteiger charge is -2.26. The molecule has 0 saturated heterocycles. The zero-order valence-corrected chi connectivity index (χ0v) is 18.7. The zero-order chi connectivity index (χ0) is 20.2. The Morgan fingerprint density at radius 2 is 1.38 bits per heavy atom. The lowest BCUT2D eigenvalue weighted by atomic mass is 9.86. The van der Waals surface area contributed by atoms with Gasteiger partial charge in [0.2, 0.25) is 0 Å². The minimum absolute atomic E-state index is 0.393. The van der Waals surface area contributed by atoms with E-state index < -0.39 is 11.2 Å². The lowest BCUT2D eigenvalue weighted by molar-refractivity contribution is 0.0679. The van der Waals surface area contributed by atoms with Crippen molar-refractivity contribution in [3.8, 4) is 0 Å². The van der Waals surface area contributed by atoms with Crippen LogP contribution in [0.1, 0.15) is 113 Å². The van der Waals surface area contributed by atoms with E-state index >= 15 is 0 Å². The van der Waals surface area contributed by atoms with Crippen LogP contribution in [0.3, 0.4) is 0 Å². The van der Waals surface area contributed by atoms with Gasteiger partial charge in [-0.3, -0.25) is 0 Å². The maximum atomic E-state index is 10.8. The van der Waals surface area contributed by atoms with Crippen LogP contribution in [0.2, 0.25) is 0 Å². The van der Waals surface area contributed by atoms with E-state index in [2.05, 4.69) is 39.8 Å². The molecule has 2 atom stereocenters. The van der Waals surface area contributed by atoms with Crippen molar-refractivity contribution in [2.45, 2.75) is 124 Å². The lowest BCUT2D eigenvalue weighted by Crippen LogP contribution is -2.26. The SMILES string of the molecule is CCCCCCC(C)(O)C(C)=CC(C=C(C)C)CCCCCC(C)(C)O. The molecule has 0 aromatic carbocycles. The fourth-order valence-corrected chi connectivity index (χ4v) is 3.35. The van der Waals surface area contributed by atoms with Crippen LogP contribution >= 0.6 is 0 Å². The number of rotatable bonds is 14. The summed E-state index contributed by atoms with van der Waals surface area (Å²) in [5.74, 6) is 0.393. The van der Waals surface area contributed by atoms with Crippen LogP contribution in [0.4, 0.5) is 0 Å². The van der Waals surface area contributed by atoms with Gasteiger partial charge in [0.1, 0.15) is 0 Å². The summed E-state index contributed by atoms with van der Waals surface area (Å²) in [6.07, 6.45) is 15.6. The van der Waals surface area contributed by atoms with E-state index in [4.69, 9.17) is 0 Å². The fraction of sp³-hybridized carbons (Fsp3) is 0.833. The maximum Gasteiger partial charge on any atom is 0.0826 e. The van der Waals surface area contributed by atoms with Crippen LogP contribution in [0.5, 0.6) is 0 Å². The van der Waals surface area contributed by atoms with Gasteiger partial charge in [0, 0.05) is 0 Å². The maximum absolute atomic E-state index is 10.8. The molecule has 0 aliphatic heterocycles. The smallest absolute Gasteiger partial charge is 0.0826 e. The number of unbranched alkanes of at least 4 members (excludes halogenated alkanes) is 5. The Bertz CT molecular complexity index is 420. The number of hydrogen-bond acceptors (Lipinski definition) is 2. The minimum atomic E-state index is -0.692. The summed E-state index contributed by atoms with van der Waals surface area (Å²) < 4.78 is 0. The van der Waals surface area contributed by atoms with Gasteiger partial charge in [0.05, 0.1) is 11.2 Å². The molecular formula is C24H46O2.